The number of benzene rings is 1. The van der Waals surface area contributed by atoms with Crippen LogP contribution in [0.4, 0.5) is 4.39 Å². The Kier molecular flexibility index (Phi) is 3.38. The van der Waals surface area contributed by atoms with Gasteiger partial charge in [0.25, 0.3) is 0 Å². The van der Waals surface area contributed by atoms with Gasteiger partial charge in [0.15, 0.2) is 11.6 Å². The number of rotatable bonds is 3. The molecule has 2 aliphatic rings. The summed E-state index contributed by atoms with van der Waals surface area (Å²) in [5, 5.41) is 8.82. The highest BCUT2D eigenvalue weighted by molar-refractivity contribution is 5.87. The van der Waals surface area contributed by atoms with Gasteiger partial charge in [-0.1, -0.05) is 0 Å². The van der Waals surface area contributed by atoms with Crippen molar-refractivity contribution in [3.63, 3.8) is 0 Å². The zero-order valence-corrected chi connectivity index (χ0v) is 11.4. The summed E-state index contributed by atoms with van der Waals surface area (Å²) in [7, 11) is 2.14. The zero-order chi connectivity index (χ0) is 14.3. The van der Waals surface area contributed by atoms with Crippen molar-refractivity contribution in [2.24, 2.45) is 0 Å². The van der Waals surface area contributed by atoms with Crippen molar-refractivity contribution in [2.45, 2.75) is 43.9 Å². The first kappa shape index (κ1) is 13.4. The van der Waals surface area contributed by atoms with E-state index in [1.54, 1.807) is 0 Å². The molecule has 3 rings (SSSR count). The average molecular weight is 279 g/mol. The smallest absolute Gasteiger partial charge is 0.335 e. The van der Waals surface area contributed by atoms with E-state index in [-0.39, 0.29) is 17.4 Å². The minimum Gasteiger partial charge on any atom is -0.487 e. The highest BCUT2D eigenvalue weighted by Crippen LogP contribution is 2.36. The maximum absolute atomic E-state index is 13.9. The van der Waals surface area contributed by atoms with E-state index in [0.29, 0.717) is 12.1 Å². The molecule has 5 heteroatoms. The maximum atomic E-state index is 13.9. The second kappa shape index (κ2) is 5.05. The minimum atomic E-state index is -1.13. The van der Waals surface area contributed by atoms with E-state index in [1.807, 2.05) is 0 Å². The number of carboxylic acids is 1. The van der Waals surface area contributed by atoms with Gasteiger partial charge in [-0.3, -0.25) is 0 Å². The van der Waals surface area contributed by atoms with Gasteiger partial charge in [-0.2, -0.15) is 0 Å². The molecule has 1 aromatic carbocycles. The van der Waals surface area contributed by atoms with Crippen LogP contribution in [0.5, 0.6) is 5.75 Å². The fraction of sp³-hybridized carbons (Fsp3) is 0.533. The zero-order valence-electron chi connectivity index (χ0n) is 11.4. The Morgan fingerprint density at radius 1 is 1.35 bits per heavy atom. The molecule has 2 atom stereocenters. The van der Waals surface area contributed by atoms with Gasteiger partial charge < -0.3 is 14.7 Å². The van der Waals surface area contributed by atoms with Crippen molar-refractivity contribution in [1.82, 2.24) is 4.90 Å². The summed E-state index contributed by atoms with van der Waals surface area (Å²) >= 11 is 0. The Labute approximate surface area is 117 Å². The van der Waals surface area contributed by atoms with Crippen molar-refractivity contribution in [3.8, 4) is 5.75 Å². The number of nitrogens with zero attached hydrogens (tertiary/aromatic N) is 1. The summed E-state index contributed by atoms with van der Waals surface area (Å²) in [4.78, 5) is 13.2. The Morgan fingerprint density at radius 3 is 2.55 bits per heavy atom. The lowest BCUT2D eigenvalue weighted by molar-refractivity contribution is 0.0634. The topological polar surface area (TPSA) is 49.8 Å². The summed E-state index contributed by atoms with van der Waals surface area (Å²) in [6.45, 7) is 0. The van der Waals surface area contributed by atoms with E-state index in [9.17, 15) is 9.18 Å². The van der Waals surface area contributed by atoms with Gasteiger partial charge in [-0.25, -0.2) is 9.18 Å². The van der Waals surface area contributed by atoms with Crippen molar-refractivity contribution in [1.29, 1.82) is 0 Å². The maximum Gasteiger partial charge on any atom is 0.335 e. The normalized spacial score (nSPS) is 29.4. The number of aromatic carboxylic acids is 1. The van der Waals surface area contributed by atoms with E-state index < -0.39 is 11.8 Å². The summed E-state index contributed by atoms with van der Waals surface area (Å²) in [6, 6.07) is 4.87. The van der Waals surface area contributed by atoms with Crippen LogP contribution in [0.25, 0.3) is 0 Å². The first-order valence-electron chi connectivity index (χ1n) is 6.96. The monoisotopic (exact) mass is 279 g/mol. The Hall–Kier alpha value is -1.62. The van der Waals surface area contributed by atoms with Crippen LogP contribution in [0.1, 0.15) is 36.0 Å². The third-order valence-corrected chi connectivity index (χ3v) is 4.53. The van der Waals surface area contributed by atoms with E-state index >= 15 is 0 Å². The SMILES string of the molecule is CN1C2CCC1CC(Oc1ccc(C(=O)O)cc1F)C2. The van der Waals surface area contributed by atoms with Crippen LogP contribution in [0.2, 0.25) is 0 Å². The molecule has 2 unspecified atom stereocenters. The predicted molar refractivity (Wildman–Crippen MR) is 71.6 cm³/mol. The molecule has 0 aromatic heterocycles. The lowest BCUT2D eigenvalue weighted by Gasteiger charge is -2.36. The molecular formula is C15H18FNO3. The van der Waals surface area contributed by atoms with Gasteiger partial charge in [-0.15, -0.1) is 0 Å². The van der Waals surface area contributed by atoms with Gasteiger partial charge in [0, 0.05) is 12.1 Å². The molecule has 2 fully saturated rings. The van der Waals surface area contributed by atoms with Crippen molar-refractivity contribution in [2.75, 3.05) is 7.05 Å². The number of hydrogen-bond acceptors (Lipinski definition) is 3. The molecule has 2 aliphatic heterocycles. The number of carbonyl (C=O) groups is 1. The van der Waals surface area contributed by atoms with E-state index in [0.717, 1.165) is 18.9 Å². The van der Waals surface area contributed by atoms with Crippen molar-refractivity contribution >= 4 is 5.97 Å². The Bertz CT molecular complexity index is 520. The molecule has 1 N–H and O–H groups in total. The largest absolute Gasteiger partial charge is 0.487 e. The van der Waals surface area contributed by atoms with Crippen LogP contribution >= 0.6 is 0 Å². The fourth-order valence-corrected chi connectivity index (χ4v) is 3.37. The van der Waals surface area contributed by atoms with Crippen LogP contribution < -0.4 is 4.74 Å². The molecule has 0 saturated carbocycles. The first-order chi connectivity index (χ1) is 9.54. The number of hydrogen-bond donors (Lipinski definition) is 1. The second-order valence-electron chi connectivity index (χ2n) is 5.71. The summed E-state index contributed by atoms with van der Waals surface area (Å²) in [6.07, 6.45) is 4.21. The third-order valence-electron chi connectivity index (χ3n) is 4.53. The van der Waals surface area contributed by atoms with Gasteiger partial charge in [0.2, 0.25) is 0 Å². The first-order valence-corrected chi connectivity index (χ1v) is 6.96. The van der Waals surface area contributed by atoms with E-state index in [4.69, 9.17) is 9.84 Å². The van der Waals surface area contributed by atoms with E-state index in [1.165, 1.54) is 25.0 Å². The number of fused-ring (bicyclic) bond motifs is 2. The Balaban J connectivity index is 1.71. The van der Waals surface area contributed by atoms with Crippen LogP contribution in [-0.2, 0) is 0 Å². The molecule has 0 amide bonds. The fourth-order valence-electron chi connectivity index (χ4n) is 3.37. The van der Waals surface area contributed by atoms with Gasteiger partial charge in [-0.05, 0) is 50.9 Å². The summed E-state index contributed by atoms with van der Waals surface area (Å²) < 4.78 is 19.6. The highest BCUT2D eigenvalue weighted by atomic mass is 19.1. The minimum absolute atomic E-state index is 0.0221. The van der Waals surface area contributed by atoms with Crippen molar-refractivity contribution < 1.29 is 19.0 Å². The van der Waals surface area contributed by atoms with Gasteiger partial charge in [0.1, 0.15) is 6.10 Å². The average Bonchev–Trinajstić information content (AvgIpc) is 2.64. The molecule has 0 spiro atoms. The lowest BCUT2D eigenvalue weighted by atomic mass is 10.0. The quantitative estimate of drug-likeness (QED) is 0.923. The van der Waals surface area contributed by atoms with E-state index in [2.05, 4.69) is 11.9 Å². The van der Waals surface area contributed by atoms with Gasteiger partial charge >= 0.3 is 5.97 Å². The lowest BCUT2D eigenvalue weighted by Crippen LogP contribution is -2.43. The molecule has 0 radical (unpaired) electrons. The van der Waals surface area contributed by atoms with Crippen molar-refractivity contribution in [3.05, 3.63) is 29.6 Å². The summed E-state index contributed by atoms with van der Waals surface area (Å²) in [5.41, 5.74) is -0.0571. The molecule has 20 heavy (non-hydrogen) atoms. The molecule has 2 heterocycles. The van der Waals surface area contributed by atoms with Gasteiger partial charge in [0.05, 0.1) is 5.56 Å². The molecule has 2 bridgehead atoms. The van der Waals surface area contributed by atoms with Crippen LogP contribution in [0, 0.1) is 5.82 Å². The molecular weight excluding hydrogens is 261 g/mol. The third kappa shape index (κ3) is 2.38. The Morgan fingerprint density at radius 2 is 2.00 bits per heavy atom. The molecule has 1 aromatic rings. The number of halogens is 1. The standard InChI is InChI=1S/C15H18FNO3/c1-17-10-3-4-11(17)8-12(7-10)20-14-5-2-9(15(18)19)6-13(14)16/h2,5-6,10-12H,3-4,7-8H2,1H3,(H,18,19). The van der Waals surface area contributed by atoms with Crippen LogP contribution in [0.15, 0.2) is 18.2 Å². The summed E-state index contributed by atoms with van der Waals surface area (Å²) in [5.74, 6) is -1.58. The number of ether oxygens (including phenoxy) is 1. The van der Waals surface area contributed by atoms with Crippen LogP contribution in [0.3, 0.4) is 0 Å². The molecule has 2 saturated heterocycles. The second-order valence-corrected chi connectivity index (χ2v) is 5.71. The molecule has 108 valence electrons. The highest BCUT2D eigenvalue weighted by Gasteiger charge is 2.39. The molecule has 0 aliphatic carbocycles. The number of piperidine rings is 1. The predicted octanol–water partition coefficient (Wildman–Crippen LogP) is 2.53. The van der Waals surface area contributed by atoms with Crippen LogP contribution in [-0.4, -0.2) is 41.2 Å². The number of carboxylic acid groups (broad SMARTS) is 1. The molecule has 4 nitrogen and oxygen atoms in total.